The van der Waals surface area contributed by atoms with Crippen molar-refractivity contribution in [1.82, 2.24) is 0 Å². The van der Waals surface area contributed by atoms with E-state index in [0.717, 1.165) is 0 Å². The van der Waals surface area contributed by atoms with E-state index in [1.54, 1.807) is 97.1 Å². The molecule has 0 aromatic heterocycles. The summed E-state index contributed by atoms with van der Waals surface area (Å²) in [5, 5.41) is 23.3. The van der Waals surface area contributed by atoms with Crippen molar-refractivity contribution in [3.8, 4) is 0 Å². The normalized spacial score (nSPS) is 12.8. The third kappa shape index (κ3) is 6.16. The quantitative estimate of drug-likeness (QED) is 0.310. The fraction of sp³-hybridized carbons (Fsp3) is 0. The number of benzene rings is 2. The van der Waals surface area contributed by atoms with E-state index in [9.17, 15) is 19.8 Å². The van der Waals surface area contributed by atoms with Gasteiger partial charge in [-0.05, 0) is 11.1 Å². The van der Waals surface area contributed by atoms with E-state index >= 15 is 0 Å². The number of rotatable bonds is 4. The molecule has 0 N–H and O–H groups in total. The van der Waals surface area contributed by atoms with E-state index in [4.69, 9.17) is 0 Å². The molecule has 2 aliphatic rings. The molecule has 31 heavy (non-hydrogen) atoms. The second-order valence-electron chi connectivity index (χ2n) is 6.40. The van der Waals surface area contributed by atoms with E-state index in [0.29, 0.717) is 22.3 Å². The van der Waals surface area contributed by atoms with E-state index in [-0.39, 0.29) is 17.1 Å². The van der Waals surface area contributed by atoms with Gasteiger partial charge in [-0.15, -0.1) is 0 Å². The summed E-state index contributed by atoms with van der Waals surface area (Å²) in [5.74, 6) is -1.82. The Kier molecular flexibility index (Phi) is 8.77. The first-order chi connectivity index (χ1) is 14.6. The monoisotopic (exact) mass is 450 g/mol. The van der Waals surface area contributed by atoms with Crippen molar-refractivity contribution in [1.29, 1.82) is 0 Å². The Morgan fingerprint density at radius 3 is 1.10 bits per heavy atom. The molecular weight excluding hydrogens is 432 g/mol. The van der Waals surface area contributed by atoms with E-state index < -0.39 is 23.1 Å². The van der Waals surface area contributed by atoms with Gasteiger partial charge in [0.05, 0.1) is 0 Å². The van der Waals surface area contributed by atoms with Gasteiger partial charge < -0.3 is 10.2 Å². The molecule has 0 spiro atoms. The Morgan fingerprint density at radius 1 is 0.516 bits per heavy atom. The van der Waals surface area contributed by atoms with Crippen molar-refractivity contribution in [2.75, 3.05) is 0 Å². The summed E-state index contributed by atoms with van der Waals surface area (Å²) in [6.07, 6.45) is 13.5. The second-order valence-corrected chi connectivity index (χ2v) is 6.40. The maximum Gasteiger partial charge on any atom is 2.00 e. The maximum absolute atomic E-state index is 11.7. The SMILES string of the molecule is O=C(C([O-])=C1C=CC=C1)c1ccccc1.O=C(C([O-])=C1C=CC=C1)c1ccccc1.[Fe+2]. The van der Waals surface area contributed by atoms with Crippen molar-refractivity contribution < 1.29 is 36.9 Å². The molecule has 2 aromatic rings. The standard InChI is InChI=1S/2C13H10O2.Fe/c2*14-12(10-6-2-1-3-7-10)13(15)11-8-4-5-9-11;/h2*1-9,15H;/q;;+2/p-2. The second kappa shape index (κ2) is 11.5. The van der Waals surface area contributed by atoms with Crippen molar-refractivity contribution in [2.45, 2.75) is 0 Å². The van der Waals surface area contributed by atoms with Gasteiger partial charge in [0.2, 0.25) is 0 Å². The van der Waals surface area contributed by atoms with Crippen LogP contribution >= 0.6 is 0 Å². The number of ketones is 2. The van der Waals surface area contributed by atoms with Gasteiger partial charge in [0.1, 0.15) is 0 Å². The number of hydrogen-bond donors (Lipinski definition) is 0. The zero-order valence-electron chi connectivity index (χ0n) is 16.4. The molecular formula is C26H18FeO4. The van der Waals surface area contributed by atoms with Crippen LogP contribution in [0.2, 0.25) is 0 Å². The smallest absolute Gasteiger partial charge is 0.869 e. The first kappa shape index (κ1) is 23.6. The fourth-order valence-corrected chi connectivity index (χ4v) is 2.75. The molecule has 4 nitrogen and oxygen atoms in total. The van der Waals surface area contributed by atoms with Crippen LogP contribution in [0.1, 0.15) is 20.7 Å². The topological polar surface area (TPSA) is 80.3 Å². The summed E-state index contributed by atoms with van der Waals surface area (Å²) in [6.45, 7) is 0. The zero-order valence-corrected chi connectivity index (χ0v) is 17.5. The first-order valence-corrected chi connectivity index (χ1v) is 9.29. The van der Waals surface area contributed by atoms with E-state index in [2.05, 4.69) is 0 Å². The van der Waals surface area contributed by atoms with Crippen LogP contribution in [0.15, 0.2) is 132 Å². The first-order valence-electron chi connectivity index (χ1n) is 9.29. The van der Waals surface area contributed by atoms with Crippen LogP contribution in [0.25, 0.3) is 0 Å². The number of carbonyl (C=O) groups excluding carboxylic acids is 2. The molecule has 2 aromatic carbocycles. The fourth-order valence-electron chi connectivity index (χ4n) is 2.75. The average molecular weight is 450 g/mol. The van der Waals surface area contributed by atoms with Crippen LogP contribution in [0.4, 0.5) is 0 Å². The Labute approximate surface area is 191 Å². The zero-order chi connectivity index (χ0) is 21.3. The van der Waals surface area contributed by atoms with Gasteiger partial charge in [0.15, 0.2) is 11.6 Å². The van der Waals surface area contributed by atoms with Gasteiger partial charge >= 0.3 is 17.1 Å². The van der Waals surface area contributed by atoms with Gasteiger partial charge in [0.25, 0.3) is 0 Å². The minimum absolute atomic E-state index is 0. The minimum atomic E-state index is -0.457. The molecule has 0 atom stereocenters. The summed E-state index contributed by atoms with van der Waals surface area (Å²) in [7, 11) is 0. The van der Waals surface area contributed by atoms with Gasteiger partial charge in [0, 0.05) is 11.1 Å². The van der Waals surface area contributed by atoms with Crippen molar-refractivity contribution >= 4 is 11.6 Å². The van der Waals surface area contributed by atoms with Crippen LogP contribution in [0.5, 0.6) is 0 Å². The molecule has 0 fully saturated rings. The molecule has 0 radical (unpaired) electrons. The number of carbonyl (C=O) groups is 2. The molecule has 0 aliphatic heterocycles. The van der Waals surface area contributed by atoms with Gasteiger partial charge in [-0.1, -0.05) is 121 Å². The number of hydrogen-bond acceptors (Lipinski definition) is 4. The third-order valence-electron chi connectivity index (χ3n) is 4.33. The summed E-state index contributed by atoms with van der Waals surface area (Å²) >= 11 is 0. The maximum atomic E-state index is 11.7. The van der Waals surface area contributed by atoms with Crippen LogP contribution in [-0.4, -0.2) is 11.6 Å². The van der Waals surface area contributed by atoms with Gasteiger partial charge in [-0.25, -0.2) is 0 Å². The van der Waals surface area contributed by atoms with Crippen LogP contribution in [0.3, 0.4) is 0 Å². The molecule has 0 saturated carbocycles. The Hall–Kier alpha value is -3.66. The molecule has 5 heteroatoms. The third-order valence-corrected chi connectivity index (χ3v) is 4.33. The van der Waals surface area contributed by atoms with Gasteiger partial charge in [-0.3, -0.25) is 9.59 Å². The molecule has 154 valence electrons. The molecule has 0 heterocycles. The summed E-state index contributed by atoms with van der Waals surface area (Å²) < 4.78 is 0. The van der Waals surface area contributed by atoms with Crippen LogP contribution in [-0.2, 0) is 17.1 Å². The summed E-state index contributed by atoms with van der Waals surface area (Å²) in [4.78, 5) is 23.4. The van der Waals surface area contributed by atoms with Gasteiger partial charge in [-0.2, -0.15) is 0 Å². The Morgan fingerprint density at radius 2 is 0.806 bits per heavy atom. The molecule has 0 saturated heterocycles. The van der Waals surface area contributed by atoms with Crippen LogP contribution < -0.4 is 10.2 Å². The molecule has 4 rings (SSSR count). The average Bonchev–Trinajstić information content (AvgIpc) is 3.53. The molecule has 0 bridgehead atoms. The Balaban J connectivity index is 0.000000213. The predicted octanol–water partition coefficient (Wildman–Crippen LogP) is 3.22. The van der Waals surface area contributed by atoms with Crippen LogP contribution in [0, 0.1) is 0 Å². The van der Waals surface area contributed by atoms with E-state index in [1.807, 2.05) is 12.1 Å². The number of allylic oxidation sites excluding steroid dienone is 12. The molecule has 2 aliphatic carbocycles. The molecule has 0 amide bonds. The Bertz CT molecular complexity index is 999. The predicted molar refractivity (Wildman–Crippen MR) is 112 cm³/mol. The van der Waals surface area contributed by atoms with Crippen molar-refractivity contribution in [2.24, 2.45) is 0 Å². The molecule has 0 unspecified atom stereocenters. The summed E-state index contributed by atoms with van der Waals surface area (Å²) in [5.41, 5.74) is 1.76. The number of Topliss-reactive ketones (excluding diaryl/α,β-unsaturated/α-hetero) is 2. The van der Waals surface area contributed by atoms with E-state index in [1.165, 1.54) is 0 Å². The minimum Gasteiger partial charge on any atom is -0.869 e. The van der Waals surface area contributed by atoms with Crippen molar-refractivity contribution in [3.05, 3.63) is 143 Å². The van der Waals surface area contributed by atoms with Crippen molar-refractivity contribution in [3.63, 3.8) is 0 Å². The summed E-state index contributed by atoms with van der Waals surface area (Å²) in [6, 6.07) is 17.2. The largest absolute Gasteiger partial charge is 2.00 e.